The number of nitrogens with one attached hydrogen (secondary N) is 1. The van der Waals surface area contributed by atoms with E-state index >= 15 is 0 Å². The number of fused-ring (bicyclic) bond motifs is 1. The minimum absolute atomic E-state index is 0.00285. The van der Waals surface area contributed by atoms with Crippen LogP contribution in [0.25, 0.3) is 10.9 Å². The van der Waals surface area contributed by atoms with E-state index in [0.29, 0.717) is 12.6 Å². The van der Waals surface area contributed by atoms with Gasteiger partial charge in [0.05, 0.1) is 12.1 Å². The summed E-state index contributed by atoms with van der Waals surface area (Å²) in [6.45, 7) is 7.86. The van der Waals surface area contributed by atoms with Crippen molar-refractivity contribution in [3.05, 3.63) is 87.5 Å². The first kappa shape index (κ1) is 24.4. The highest BCUT2D eigenvalue weighted by molar-refractivity contribution is 5.79. The van der Waals surface area contributed by atoms with Crippen LogP contribution in [-0.2, 0) is 13.0 Å². The molecule has 188 valence electrons. The molecule has 2 heterocycles. The Bertz CT molecular complexity index is 1350. The molecule has 1 saturated carbocycles. The number of benzene rings is 2. The highest BCUT2D eigenvalue weighted by Gasteiger charge is 2.32. The Labute approximate surface area is 212 Å². The van der Waals surface area contributed by atoms with E-state index in [1.165, 1.54) is 24.0 Å². The van der Waals surface area contributed by atoms with E-state index in [2.05, 4.69) is 81.2 Å². The molecule has 36 heavy (non-hydrogen) atoms. The van der Waals surface area contributed by atoms with Gasteiger partial charge in [-0.1, -0.05) is 68.7 Å². The molecule has 0 aliphatic heterocycles. The van der Waals surface area contributed by atoms with Gasteiger partial charge in [-0.25, -0.2) is 4.68 Å². The van der Waals surface area contributed by atoms with Crippen LogP contribution in [0.4, 0.5) is 0 Å². The second kappa shape index (κ2) is 10.7. The van der Waals surface area contributed by atoms with Crippen molar-refractivity contribution in [1.82, 2.24) is 30.1 Å². The Balaban J connectivity index is 1.52. The summed E-state index contributed by atoms with van der Waals surface area (Å²) in [5, 5.41) is 14.2. The van der Waals surface area contributed by atoms with Gasteiger partial charge in [0.1, 0.15) is 0 Å². The molecular weight excluding hydrogens is 448 g/mol. The van der Waals surface area contributed by atoms with Crippen LogP contribution >= 0.6 is 0 Å². The molecule has 0 saturated heterocycles. The van der Waals surface area contributed by atoms with Crippen LogP contribution in [0.5, 0.6) is 0 Å². The van der Waals surface area contributed by atoms with Crippen molar-refractivity contribution >= 4 is 10.9 Å². The molecule has 2 aromatic heterocycles. The van der Waals surface area contributed by atoms with Gasteiger partial charge in [-0.15, -0.1) is 5.10 Å². The molecule has 2 aromatic carbocycles. The normalized spacial score (nSPS) is 15.4. The quantitative estimate of drug-likeness (QED) is 0.345. The maximum absolute atomic E-state index is 13.2. The summed E-state index contributed by atoms with van der Waals surface area (Å²) in [6, 6.07) is 19.1. The summed E-state index contributed by atoms with van der Waals surface area (Å²) >= 11 is 0. The van der Waals surface area contributed by atoms with E-state index in [0.717, 1.165) is 48.1 Å². The first-order valence-electron chi connectivity index (χ1n) is 13.2. The van der Waals surface area contributed by atoms with Crippen LogP contribution in [0.3, 0.4) is 0 Å². The lowest BCUT2D eigenvalue weighted by Crippen LogP contribution is -2.37. The summed E-state index contributed by atoms with van der Waals surface area (Å²) < 4.78 is 2.07. The lowest BCUT2D eigenvalue weighted by atomic mass is 9.99. The molecule has 7 heteroatoms. The minimum Gasteiger partial charge on any atom is -0.322 e. The van der Waals surface area contributed by atoms with Crippen LogP contribution < -0.4 is 5.56 Å². The Hall–Kier alpha value is -3.32. The Morgan fingerprint density at radius 2 is 1.86 bits per heavy atom. The van der Waals surface area contributed by atoms with Crippen molar-refractivity contribution in [3.63, 3.8) is 0 Å². The van der Waals surface area contributed by atoms with Crippen molar-refractivity contribution < 1.29 is 0 Å². The molecule has 1 aliphatic rings. The van der Waals surface area contributed by atoms with Gasteiger partial charge in [-0.05, 0) is 71.7 Å². The van der Waals surface area contributed by atoms with Crippen LogP contribution in [0.15, 0.2) is 59.4 Å². The van der Waals surface area contributed by atoms with Crippen LogP contribution in [0, 0.1) is 12.8 Å². The second-order valence-electron chi connectivity index (χ2n) is 10.5. The molecule has 4 aromatic rings. The second-order valence-corrected chi connectivity index (χ2v) is 10.5. The van der Waals surface area contributed by atoms with E-state index in [1.807, 2.05) is 24.3 Å². The van der Waals surface area contributed by atoms with Crippen LogP contribution in [0.2, 0.25) is 0 Å². The van der Waals surface area contributed by atoms with Gasteiger partial charge in [-0.2, -0.15) is 0 Å². The van der Waals surface area contributed by atoms with E-state index in [1.54, 1.807) is 0 Å². The average molecular weight is 485 g/mol. The fourth-order valence-corrected chi connectivity index (χ4v) is 5.63. The summed E-state index contributed by atoms with van der Waals surface area (Å²) in [5.74, 6) is 1.19. The molecule has 0 spiro atoms. The molecular formula is C29H36N6O. The van der Waals surface area contributed by atoms with E-state index in [-0.39, 0.29) is 17.5 Å². The zero-order valence-corrected chi connectivity index (χ0v) is 21.5. The minimum atomic E-state index is -0.0334. The summed E-state index contributed by atoms with van der Waals surface area (Å²) in [7, 11) is 0. The zero-order valence-electron chi connectivity index (χ0n) is 21.5. The third-order valence-electron chi connectivity index (χ3n) is 7.46. The molecule has 0 amide bonds. The number of nitrogens with zero attached hydrogens (tertiary/aromatic N) is 5. The molecule has 1 N–H and O–H groups in total. The van der Waals surface area contributed by atoms with Crippen molar-refractivity contribution in [2.45, 2.75) is 71.5 Å². The highest BCUT2D eigenvalue weighted by Crippen LogP contribution is 2.34. The maximum atomic E-state index is 13.2. The van der Waals surface area contributed by atoms with Gasteiger partial charge >= 0.3 is 0 Å². The Kier molecular flexibility index (Phi) is 7.28. The third kappa shape index (κ3) is 5.26. The standard InChI is InChI=1S/C29H36N6O/c1-20(2)27(28-31-32-33-35(28)25-11-7-8-12-25)34(16-15-22-9-5-4-6-10-22)19-24-18-23-17-21(3)13-14-26(23)30-29(24)36/h4-6,9-10,13-14,17-18,20,25,27H,7-8,11-12,15-16,19H2,1-3H3,(H,30,36)/t27-/m1/s1. The number of hydrogen-bond donors (Lipinski definition) is 1. The van der Waals surface area contributed by atoms with Gasteiger partial charge in [0.25, 0.3) is 5.56 Å². The lowest BCUT2D eigenvalue weighted by molar-refractivity contribution is 0.133. The summed E-state index contributed by atoms with van der Waals surface area (Å²) in [5.41, 5.74) is 4.07. The zero-order chi connectivity index (χ0) is 25.1. The first-order valence-corrected chi connectivity index (χ1v) is 13.2. The Morgan fingerprint density at radius 3 is 2.61 bits per heavy atom. The monoisotopic (exact) mass is 484 g/mol. The van der Waals surface area contributed by atoms with Crippen molar-refractivity contribution in [2.24, 2.45) is 5.92 Å². The van der Waals surface area contributed by atoms with E-state index in [4.69, 9.17) is 0 Å². The Morgan fingerprint density at radius 1 is 1.08 bits per heavy atom. The summed E-state index contributed by atoms with van der Waals surface area (Å²) in [6.07, 6.45) is 5.58. The number of hydrogen-bond acceptors (Lipinski definition) is 5. The number of aromatic amines is 1. The highest BCUT2D eigenvalue weighted by atomic mass is 16.1. The van der Waals surface area contributed by atoms with E-state index < -0.39 is 0 Å². The van der Waals surface area contributed by atoms with Gasteiger partial charge in [0, 0.05) is 24.2 Å². The molecule has 0 bridgehead atoms. The molecule has 5 rings (SSSR count). The molecule has 0 radical (unpaired) electrons. The van der Waals surface area contributed by atoms with Crippen molar-refractivity contribution in [3.8, 4) is 0 Å². The summed E-state index contributed by atoms with van der Waals surface area (Å²) in [4.78, 5) is 18.7. The lowest BCUT2D eigenvalue weighted by Gasteiger charge is -2.34. The van der Waals surface area contributed by atoms with Crippen LogP contribution in [0.1, 0.15) is 74.1 Å². The molecule has 1 aliphatic carbocycles. The topological polar surface area (TPSA) is 79.7 Å². The number of aromatic nitrogens is 5. The first-order chi connectivity index (χ1) is 17.5. The fraction of sp³-hybridized carbons (Fsp3) is 0.448. The maximum Gasteiger partial charge on any atom is 0.252 e. The third-order valence-corrected chi connectivity index (χ3v) is 7.46. The molecule has 7 nitrogen and oxygen atoms in total. The number of tetrazole rings is 1. The largest absolute Gasteiger partial charge is 0.322 e. The molecule has 1 atom stereocenters. The average Bonchev–Trinajstić information content (AvgIpc) is 3.56. The van der Waals surface area contributed by atoms with Crippen molar-refractivity contribution in [1.29, 1.82) is 0 Å². The van der Waals surface area contributed by atoms with E-state index in [9.17, 15) is 4.79 Å². The van der Waals surface area contributed by atoms with Crippen LogP contribution in [-0.4, -0.2) is 36.6 Å². The number of H-pyrrole nitrogens is 1. The van der Waals surface area contributed by atoms with Gasteiger partial charge in [0.15, 0.2) is 5.82 Å². The predicted molar refractivity (Wildman–Crippen MR) is 143 cm³/mol. The van der Waals surface area contributed by atoms with Crippen molar-refractivity contribution in [2.75, 3.05) is 6.54 Å². The number of aryl methyl sites for hydroxylation is 1. The van der Waals surface area contributed by atoms with Gasteiger partial charge in [-0.3, -0.25) is 9.69 Å². The molecule has 0 unspecified atom stereocenters. The number of rotatable bonds is 9. The molecule has 1 fully saturated rings. The van der Waals surface area contributed by atoms with Gasteiger partial charge in [0.2, 0.25) is 0 Å². The van der Waals surface area contributed by atoms with Gasteiger partial charge < -0.3 is 4.98 Å². The smallest absolute Gasteiger partial charge is 0.252 e. The SMILES string of the molecule is Cc1ccc2[nH]c(=O)c(CN(CCc3ccccc3)[C@@H](c3nnnn3C3CCCC3)C(C)C)cc2c1. The predicted octanol–water partition coefficient (Wildman–Crippen LogP) is 5.38. The number of pyridine rings is 1. The fourth-order valence-electron chi connectivity index (χ4n) is 5.63.